The van der Waals surface area contributed by atoms with E-state index in [4.69, 9.17) is 16.7 Å². The zero-order valence-electron chi connectivity index (χ0n) is 8.39. The van der Waals surface area contributed by atoms with E-state index in [0.29, 0.717) is 0 Å². The van der Waals surface area contributed by atoms with Crippen molar-refractivity contribution >= 4 is 11.6 Å². The topological polar surface area (TPSA) is 32.3 Å². The summed E-state index contributed by atoms with van der Waals surface area (Å²) in [6.07, 6.45) is 0.791. The van der Waals surface area contributed by atoms with Crippen molar-refractivity contribution in [1.29, 1.82) is 0 Å². The Morgan fingerprint density at radius 1 is 1.43 bits per heavy atom. The van der Waals surface area contributed by atoms with Gasteiger partial charge in [0.25, 0.3) is 0 Å². The van der Waals surface area contributed by atoms with Gasteiger partial charge >= 0.3 is 0 Å². The van der Waals surface area contributed by atoms with Crippen molar-refractivity contribution in [3.63, 3.8) is 0 Å². The smallest absolute Gasteiger partial charge is 0.0443 e. The molecule has 1 aromatic carbocycles. The number of aliphatic hydroxyl groups excluding tert-OH is 1. The lowest BCUT2D eigenvalue weighted by atomic mass is 10.1. The van der Waals surface area contributed by atoms with E-state index in [9.17, 15) is 0 Å². The van der Waals surface area contributed by atoms with Crippen LogP contribution < -0.4 is 5.32 Å². The predicted octanol–water partition coefficient (Wildman–Crippen LogP) is 2.12. The monoisotopic (exact) mass is 213 g/mol. The fraction of sp³-hybridized carbons (Fsp3) is 0.455. The van der Waals surface area contributed by atoms with Crippen LogP contribution in [0.15, 0.2) is 18.2 Å². The summed E-state index contributed by atoms with van der Waals surface area (Å²) in [5.74, 6) is 0. The van der Waals surface area contributed by atoms with Crippen LogP contribution in [0.25, 0.3) is 0 Å². The summed E-state index contributed by atoms with van der Waals surface area (Å²) in [6, 6.07) is 6.06. The van der Waals surface area contributed by atoms with E-state index in [1.165, 1.54) is 5.56 Å². The lowest BCUT2D eigenvalue weighted by molar-refractivity contribution is 0.286. The minimum absolute atomic E-state index is 0.238. The van der Waals surface area contributed by atoms with Gasteiger partial charge in [-0.3, -0.25) is 0 Å². The number of hydrogen-bond donors (Lipinski definition) is 2. The number of nitrogens with one attached hydrogen (secondary N) is 1. The van der Waals surface area contributed by atoms with Gasteiger partial charge in [0.05, 0.1) is 0 Å². The quantitative estimate of drug-likeness (QED) is 0.735. The number of aryl methyl sites for hydroxylation is 1. The van der Waals surface area contributed by atoms with Crippen molar-refractivity contribution < 1.29 is 5.11 Å². The lowest BCUT2D eigenvalue weighted by Crippen LogP contribution is -2.15. The minimum atomic E-state index is 0.238. The SMILES string of the molecule is Cc1ccc(CNCCCO)cc1Cl. The molecule has 0 heterocycles. The molecular weight excluding hydrogens is 198 g/mol. The van der Waals surface area contributed by atoms with Gasteiger partial charge in [-0.2, -0.15) is 0 Å². The minimum Gasteiger partial charge on any atom is -0.396 e. The first-order chi connectivity index (χ1) is 6.74. The lowest BCUT2D eigenvalue weighted by Gasteiger charge is -2.05. The molecule has 0 aliphatic carbocycles. The molecule has 0 saturated heterocycles. The maximum absolute atomic E-state index is 8.58. The van der Waals surface area contributed by atoms with Gasteiger partial charge in [-0.1, -0.05) is 23.7 Å². The molecule has 0 aliphatic heterocycles. The molecule has 0 bridgehead atoms. The van der Waals surface area contributed by atoms with E-state index >= 15 is 0 Å². The van der Waals surface area contributed by atoms with Gasteiger partial charge in [0.2, 0.25) is 0 Å². The van der Waals surface area contributed by atoms with Crippen LogP contribution in [0.3, 0.4) is 0 Å². The predicted molar refractivity (Wildman–Crippen MR) is 59.6 cm³/mol. The molecule has 0 fully saturated rings. The summed E-state index contributed by atoms with van der Waals surface area (Å²) in [5, 5.41) is 12.6. The Labute approximate surface area is 89.9 Å². The Kier molecular flexibility index (Phi) is 4.94. The largest absolute Gasteiger partial charge is 0.396 e. The highest BCUT2D eigenvalue weighted by Gasteiger charge is 1.97. The van der Waals surface area contributed by atoms with Gasteiger partial charge in [-0.15, -0.1) is 0 Å². The normalized spacial score (nSPS) is 10.5. The summed E-state index contributed by atoms with van der Waals surface area (Å²) in [5.41, 5.74) is 2.28. The Hall–Kier alpha value is -0.570. The summed E-state index contributed by atoms with van der Waals surface area (Å²) in [7, 11) is 0. The first kappa shape index (κ1) is 11.5. The van der Waals surface area contributed by atoms with Crippen molar-refractivity contribution in [2.24, 2.45) is 0 Å². The van der Waals surface area contributed by atoms with Gasteiger partial charge in [0, 0.05) is 18.2 Å². The first-order valence-corrected chi connectivity index (χ1v) is 5.18. The van der Waals surface area contributed by atoms with Crippen LogP contribution in [0.5, 0.6) is 0 Å². The number of hydrogen-bond acceptors (Lipinski definition) is 2. The Morgan fingerprint density at radius 3 is 2.86 bits per heavy atom. The average molecular weight is 214 g/mol. The third-order valence-electron chi connectivity index (χ3n) is 2.08. The second kappa shape index (κ2) is 6.02. The molecule has 1 rings (SSSR count). The molecule has 0 aromatic heterocycles. The highest BCUT2D eigenvalue weighted by atomic mass is 35.5. The number of benzene rings is 1. The van der Waals surface area contributed by atoms with Crippen LogP contribution in [0.2, 0.25) is 5.02 Å². The van der Waals surface area contributed by atoms with E-state index < -0.39 is 0 Å². The molecule has 2 nitrogen and oxygen atoms in total. The third-order valence-corrected chi connectivity index (χ3v) is 2.48. The third kappa shape index (κ3) is 3.66. The molecule has 3 heteroatoms. The van der Waals surface area contributed by atoms with Gasteiger partial charge in [0.1, 0.15) is 0 Å². The van der Waals surface area contributed by atoms with Gasteiger partial charge in [-0.25, -0.2) is 0 Å². The second-order valence-corrected chi connectivity index (χ2v) is 3.74. The molecule has 0 unspecified atom stereocenters. The molecule has 0 radical (unpaired) electrons. The van der Waals surface area contributed by atoms with Crippen LogP contribution in [-0.2, 0) is 6.54 Å². The Morgan fingerprint density at radius 2 is 2.21 bits per heavy atom. The zero-order chi connectivity index (χ0) is 10.4. The van der Waals surface area contributed by atoms with Crippen LogP contribution in [0, 0.1) is 6.92 Å². The van der Waals surface area contributed by atoms with E-state index in [1.807, 2.05) is 19.1 Å². The van der Waals surface area contributed by atoms with Gasteiger partial charge < -0.3 is 10.4 Å². The standard InChI is InChI=1S/C11H16ClNO/c1-9-3-4-10(7-11(9)12)8-13-5-2-6-14/h3-4,7,13-14H,2,5-6,8H2,1H3. The van der Waals surface area contributed by atoms with Gasteiger partial charge in [0.15, 0.2) is 0 Å². The van der Waals surface area contributed by atoms with E-state index in [-0.39, 0.29) is 6.61 Å². The molecular formula is C11H16ClNO. The van der Waals surface area contributed by atoms with E-state index in [2.05, 4.69) is 11.4 Å². The molecule has 0 saturated carbocycles. The first-order valence-electron chi connectivity index (χ1n) is 4.80. The van der Waals surface area contributed by atoms with Crippen molar-refractivity contribution in [1.82, 2.24) is 5.32 Å². The van der Waals surface area contributed by atoms with E-state index in [0.717, 1.165) is 30.1 Å². The summed E-state index contributed by atoms with van der Waals surface area (Å²) in [4.78, 5) is 0. The average Bonchev–Trinajstić information content (AvgIpc) is 2.18. The second-order valence-electron chi connectivity index (χ2n) is 3.34. The Balaban J connectivity index is 2.39. The molecule has 0 aliphatic rings. The van der Waals surface area contributed by atoms with Gasteiger partial charge in [-0.05, 0) is 37.1 Å². The van der Waals surface area contributed by atoms with E-state index in [1.54, 1.807) is 0 Å². The van der Waals surface area contributed by atoms with Crippen LogP contribution in [0.4, 0.5) is 0 Å². The van der Waals surface area contributed by atoms with Crippen LogP contribution >= 0.6 is 11.6 Å². The molecule has 1 aromatic rings. The summed E-state index contributed by atoms with van der Waals surface area (Å²) < 4.78 is 0. The highest BCUT2D eigenvalue weighted by Crippen LogP contribution is 2.16. The Bertz CT molecular complexity index is 289. The number of rotatable bonds is 5. The van der Waals surface area contributed by atoms with Crippen molar-refractivity contribution in [3.8, 4) is 0 Å². The fourth-order valence-corrected chi connectivity index (χ4v) is 1.39. The molecule has 0 amide bonds. The zero-order valence-corrected chi connectivity index (χ0v) is 9.14. The number of halogens is 1. The summed E-state index contributed by atoms with van der Waals surface area (Å²) >= 11 is 5.99. The molecule has 14 heavy (non-hydrogen) atoms. The number of aliphatic hydroxyl groups is 1. The maximum atomic E-state index is 8.58. The van der Waals surface area contributed by atoms with Crippen molar-refractivity contribution in [2.45, 2.75) is 19.9 Å². The molecule has 0 atom stereocenters. The van der Waals surface area contributed by atoms with Crippen LogP contribution in [0.1, 0.15) is 17.5 Å². The maximum Gasteiger partial charge on any atom is 0.0443 e. The molecule has 2 N–H and O–H groups in total. The van der Waals surface area contributed by atoms with Crippen LogP contribution in [-0.4, -0.2) is 18.3 Å². The fourth-order valence-electron chi connectivity index (χ4n) is 1.18. The summed E-state index contributed by atoms with van der Waals surface area (Å²) in [6.45, 7) is 3.87. The molecule has 0 spiro atoms. The highest BCUT2D eigenvalue weighted by molar-refractivity contribution is 6.31. The van der Waals surface area contributed by atoms with Crippen molar-refractivity contribution in [2.75, 3.05) is 13.2 Å². The van der Waals surface area contributed by atoms with Crippen molar-refractivity contribution in [3.05, 3.63) is 34.3 Å². The molecule has 78 valence electrons.